The van der Waals surface area contributed by atoms with Crippen LogP contribution in [0.25, 0.3) is 0 Å². The van der Waals surface area contributed by atoms with Gasteiger partial charge in [0.2, 0.25) is 0 Å². The van der Waals surface area contributed by atoms with E-state index in [-0.39, 0.29) is 49.8 Å². The van der Waals surface area contributed by atoms with Crippen molar-refractivity contribution in [3.63, 3.8) is 0 Å². The maximum Gasteiger partial charge on any atom is 0.373 e. The summed E-state index contributed by atoms with van der Waals surface area (Å²) >= 11 is 0. The van der Waals surface area contributed by atoms with Gasteiger partial charge in [0.05, 0.1) is 36.5 Å². The molecule has 0 aliphatic carbocycles. The van der Waals surface area contributed by atoms with Crippen LogP contribution in [0.2, 0.25) is 0 Å². The van der Waals surface area contributed by atoms with Crippen LogP contribution < -0.4 is 9.47 Å². The van der Waals surface area contributed by atoms with E-state index in [1.165, 1.54) is 24.3 Å². The van der Waals surface area contributed by atoms with Gasteiger partial charge in [-0.05, 0) is 83.1 Å². The van der Waals surface area contributed by atoms with Crippen molar-refractivity contribution in [1.82, 2.24) is 0 Å². The van der Waals surface area contributed by atoms with E-state index in [1.807, 2.05) is 27.7 Å². The fourth-order valence-electron chi connectivity index (χ4n) is 2.59. The van der Waals surface area contributed by atoms with Crippen LogP contribution in [0.15, 0.2) is 48.5 Å². The fourth-order valence-corrected chi connectivity index (χ4v) is 2.59. The molecule has 0 aromatic heterocycles. The number of benzene rings is 2. The molecule has 2 aromatic carbocycles. The van der Waals surface area contributed by atoms with Crippen LogP contribution in [-0.2, 0) is 29.0 Å². The standard InChI is InChI=1S/C26H32O10/c1-6-29-15-16-30-17-24(33-35-25(27)20-7-11-22(12-8-20)31-18(2)3)34-36-26(28)21-9-13-23(14-10-21)32-19(4)5/h7-14,18-19H,1,6,15-17H2,2-5H3. The molecule has 0 saturated heterocycles. The Morgan fingerprint density at radius 1 is 0.667 bits per heavy atom. The lowest BCUT2D eigenvalue weighted by Gasteiger charge is -2.14. The Labute approximate surface area is 211 Å². The topological polar surface area (TPSA) is 108 Å². The van der Waals surface area contributed by atoms with Crippen molar-refractivity contribution < 1.29 is 48.1 Å². The van der Waals surface area contributed by atoms with Gasteiger partial charge in [0.25, 0.3) is 0 Å². The summed E-state index contributed by atoms with van der Waals surface area (Å²) in [6.07, 6.45) is -0.423. The second kappa shape index (κ2) is 15.7. The van der Waals surface area contributed by atoms with E-state index in [4.69, 9.17) is 38.5 Å². The maximum absolute atomic E-state index is 12.3. The number of ether oxygens (including phenoxy) is 4. The van der Waals surface area contributed by atoms with Crippen molar-refractivity contribution in [3.8, 4) is 11.5 Å². The van der Waals surface area contributed by atoms with Crippen LogP contribution in [0, 0.1) is 13.2 Å². The lowest BCUT2D eigenvalue weighted by atomic mass is 10.2. The minimum atomic E-state index is -0.806. The number of carbonyl (C=O) groups excluding carboxylic acids is 2. The third-order valence-corrected chi connectivity index (χ3v) is 4.08. The first-order chi connectivity index (χ1) is 17.3. The molecule has 0 fully saturated rings. The summed E-state index contributed by atoms with van der Waals surface area (Å²) in [7, 11) is 0. The molecule has 10 heteroatoms. The molecule has 2 rings (SSSR count). The van der Waals surface area contributed by atoms with E-state index in [9.17, 15) is 9.59 Å². The fraction of sp³-hybridized carbons (Fsp3) is 0.385. The molecule has 196 valence electrons. The van der Waals surface area contributed by atoms with Gasteiger partial charge in [-0.1, -0.05) is 0 Å². The lowest BCUT2D eigenvalue weighted by Crippen LogP contribution is -2.21. The van der Waals surface area contributed by atoms with Crippen molar-refractivity contribution in [2.24, 2.45) is 0 Å². The van der Waals surface area contributed by atoms with E-state index in [0.717, 1.165) is 0 Å². The van der Waals surface area contributed by atoms with Gasteiger partial charge < -0.3 is 18.9 Å². The molecule has 0 N–H and O–H groups in total. The first-order valence-electron chi connectivity index (χ1n) is 11.4. The smallest absolute Gasteiger partial charge is 0.373 e. The van der Waals surface area contributed by atoms with E-state index < -0.39 is 18.2 Å². The highest BCUT2D eigenvalue weighted by Crippen LogP contribution is 2.18. The lowest BCUT2D eigenvalue weighted by molar-refractivity contribution is -0.368. The van der Waals surface area contributed by atoms with Crippen LogP contribution in [-0.4, -0.2) is 50.6 Å². The summed E-state index contributed by atoms with van der Waals surface area (Å²) in [4.78, 5) is 44.2. The van der Waals surface area contributed by atoms with Crippen molar-refractivity contribution >= 4 is 11.9 Å². The van der Waals surface area contributed by atoms with Crippen molar-refractivity contribution in [3.05, 3.63) is 72.9 Å². The van der Waals surface area contributed by atoms with Gasteiger partial charge >= 0.3 is 18.2 Å². The molecular formula is C26H32O10. The van der Waals surface area contributed by atoms with Gasteiger partial charge in [-0.15, -0.1) is 9.78 Å². The van der Waals surface area contributed by atoms with Crippen molar-refractivity contribution in [2.45, 2.75) is 39.9 Å². The second-order valence-electron chi connectivity index (χ2n) is 7.83. The molecule has 0 bridgehead atoms. The summed E-state index contributed by atoms with van der Waals surface area (Å²) in [5.74, 6) is -0.405. The molecule has 0 amide bonds. The van der Waals surface area contributed by atoms with Gasteiger partial charge in [-0.25, -0.2) is 9.59 Å². The summed E-state index contributed by atoms with van der Waals surface area (Å²) in [5.41, 5.74) is 0.409. The number of carbonyl (C=O) groups is 2. The Balaban J connectivity index is 1.91. The minimum Gasteiger partial charge on any atom is -0.491 e. The third-order valence-electron chi connectivity index (χ3n) is 4.08. The van der Waals surface area contributed by atoms with Gasteiger partial charge in [0, 0.05) is 6.61 Å². The molecule has 0 unspecified atom stereocenters. The van der Waals surface area contributed by atoms with Crippen molar-refractivity contribution in [2.75, 3.05) is 26.4 Å². The second-order valence-corrected chi connectivity index (χ2v) is 7.83. The van der Waals surface area contributed by atoms with E-state index in [0.29, 0.717) is 11.5 Å². The SMILES string of the molecule is [CH2]COCCOC[C](OOC(=O)c1ccc(OC(C)C)cc1)OOC(=O)c1ccc(OC(C)C)cc1. The summed E-state index contributed by atoms with van der Waals surface area (Å²) < 4.78 is 21.5. The molecule has 10 nitrogen and oxygen atoms in total. The number of rotatable bonds is 16. The van der Waals surface area contributed by atoms with Crippen molar-refractivity contribution in [1.29, 1.82) is 0 Å². The molecule has 0 spiro atoms. The highest BCUT2D eigenvalue weighted by molar-refractivity contribution is 5.89. The zero-order valence-corrected chi connectivity index (χ0v) is 20.9. The molecule has 0 aliphatic rings. The Morgan fingerprint density at radius 3 is 1.47 bits per heavy atom. The molecule has 36 heavy (non-hydrogen) atoms. The largest absolute Gasteiger partial charge is 0.491 e. The van der Waals surface area contributed by atoms with Gasteiger partial charge in [-0.2, -0.15) is 0 Å². The van der Waals surface area contributed by atoms with Gasteiger partial charge in [0.15, 0.2) is 0 Å². The highest BCUT2D eigenvalue weighted by Gasteiger charge is 2.22. The van der Waals surface area contributed by atoms with Crippen LogP contribution in [0.3, 0.4) is 0 Å². The van der Waals surface area contributed by atoms with Gasteiger partial charge in [0.1, 0.15) is 18.1 Å². The molecule has 0 aliphatic heterocycles. The Hall–Kier alpha value is -3.18. The van der Waals surface area contributed by atoms with Gasteiger partial charge in [-0.3, -0.25) is 9.78 Å². The molecule has 2 aromatic rings. The number of hydrogen-bond donors (Lipinski definition) is 0. The Morgan fingerprint density at radius 2 is 1.08 bits per heavy atom. The Bertz CT molecular complexity index is 840. The van der Waals surface area contributed by atoms with Crippen LogP contribution in [0.5, 0.6) is 11.5 Å². The number of hydrogen-bond acceptors (Lipinski definition) is 10. The Kier molecular flexibility index (Phi) is 12.7. The molecular weight excluding hydrogens is 472 g/mol. The molecule has 0 heterocycles. The average molecular weight is 505 g/mol. The zero-order valence-electron chi connectivity index (χ0n) is 20.9. The maximum atomic E-state index is 12.3. The zero-order chi connectivity index (χ0) is 26.3. The monoisotopic (exact) mass is 504 g/mol. The van der Waals surface area contributed by atoms with Crippen LogP contribution in [0.1, 0.15) is 48.4 Å². The first-order valence-corrected chi connectivity index (χ1v) is 11.4. The van der Waals surface area contributed by atoms with Crippen LogP contribution >= 0.6 is 0 Å². The molecule has 2 radical (unpaired) electrons. The summed E-state index contributed by atoms with van der Waals surface area (Å²) in [5, 5.41) is 0. The highest BCUT2D eigenvalue weighted by atomic mass is 17.3. The molecule has 0 saturated carbocycles. The first kappa shape index (κ1) is 29.1. The summed E-state index contributed by atoms with van der Waals surface area (Å²) in [6, 6.07) is 12.6. The van der Waals surface area contributed by atoms with E-state index in [2.05, 4.69) is 6.92 Å². The normalized spacial score (nSPS) is 11.1. The minimum absolute atomic E-state index is 0.00606. The third kappa shape index (κ3) is 11.0. The van der Waals surface area contributed by atoms with Crippen LogP contribution in [0.4, 0.5) is 0 Å². The predicted molar refractivity (Wildman–Crippen MR) is 128 cm³/mol. The molecule has 0 atom stereocenters. The summed E-state index contributed by atoms with van der Waals surface area (Å²) in [6.45, 7) is 11.5. The average Bonchev–Trinajstić information content (AvgIpc) is 2.85. The van der Waals surface area contributed by atoms with E-state index >= 15 is 0 Å². The van der Waals surface area contributed by atoms with E-state index in [1.54, 1.807) is 24.3 Å². The quantitative estimate of drug-likeness (QED) is 0.184. The predicted octanol–water partition coefficient (Wildman–Crippen LogP) is 4.49.